The maximum atomic E-state index is 8.88. The van der Waals surface area contributed by atoms with Crippen molar-refractivity contribution >= 4 is 7.82 Å². The third kappa shape index (κ3) is 21200. The van der Waals surface area contributed by atoms with Crippen molar-refractivity contribution in [3.63, 3.8) is 0 Å². The van der Waals surface area contributed by atoms with Gasteiger partial charge in [-0.2, -0.15) is 0 Å². The smallest absolute Gasteiger partial charge is 0.303 e. The van der Waals surface area contributed by atoms with Crippen LogP contribution in [0.5, 0.6) is 0 Å². The van der Waals surface area contributed by atoms with Crippen LogP contribution in [0.4, 0.5) is 0 Å². The van der Waals surface area contributed by atoms with Crippen molar-refractivity contribution in [1.29, 1.82) is 0 Å². The van der Waals surface area contributed by atoms with E-state index < -0.39 is 24.0 Å². The molecule has 0 heterocycles. The highest BCUT2D eigenvalue weighted by Crippen LogP contribution is 2.25. The molecule has 0 aromatic carbocycles. The highest BCUT2D eigenvalue weighted by Gasteiger charge is 2.00. The molecule has 0 atom stereocenters. The van der Waals surface area contributed by atoms with Crippen molar-refractivity contribution in [3.05, 3.63) is 0 Å². The molecule has 0 aromatic rings. The standard InChI is InChI=1S/3H3NO3.H3O4P/c3*2-1(3)4;1-5(2,3)4/h3*2-4H;(H3,1,2,3,4). The van der Waals surface area contributed by atoms with Crippen molar-refractivity contribution in [1.82, 2.24) is 16.2 Å². The van der Waals surface area contributed by atoms with Crippen LogP contribution in [-0.4, -0.2) is 77.7 Å². The van der Waals surface area contributed by atoms with Gasteiger partial charge in [0.25, 0.3) is 0 Å². The first-order valence-corrected chi connectivity index (χ1v) is 4.15. The molecule has 0 amide bonds. The molecule has 0 unspecified atom stereocenters. The van der Waals surface area contributed by atoms with Gasteiger partial charge in [0, 0.05) is 0 Å². The minimum Gasteiger partial charge on any atom is -0.303 e. The lowest BCUT2D eigenvalue weighted by Crippen LogP contribution is -2.04. The van der Waals surface area contributed by atoms with Gasteiger partial charge in [0.2, 0.25) is 0 Å². The number of hydrogen-bond acceptors (Lipinski definition) is 13. The van der Waals surface area contributed by atoms with Crippen LogP contribution in [0.1, 0.15) is 0 Å². The molecule has 110 valence electrons. The predicted molar refractivity (Wildman–Crippen MR) is 35.9 cm³/mol. The molecule has 17 heavy (non-hydrogen) atoms. The average Bonchev–Trinajstić information content (AvgIpc) is 1.73. The van der Waals surface area contributed by atoms with Crippen LogP contribution in [-0.2, 0) is 4.57 Å². The molecule has 12 N–H and O–H groups in total. The van der Waals surface area contributed by atoms with E-state index in [0.29, 0.717) is 0 Å². The highest BCUT2D eigenvalue weighted by molar-refractivity contribution is 7.45. The van der Waals surface area contributed by atoms with Crippen LogP contribution in [0, 0.1) is 0 Å². The molecule has 0 rings (SSSR count). The van der Waals surface area contributed by atoms with Gasteiger partial charge >= 0.3 is 7.82 Å². The Morgan fingerprint density at radius 2 is 0.529 bits per heavy atom. The number of hydrogen-bond donors (Lipinski definition) is 12. The lowest BCUT2D eigenvalue weighted by atomic mass is 13.0. The van der Waals surface area contributed by atoms with Gasteiger partial charge in [-0.15, -0.1) is 0 Å². The highest BCUT2D eigenvalue weighted by atomic mass is 31.2. The molecule has 0 radical (unpaired) electrons. The van der Waals surface area contributed by atoms with Crippen LogP contribution < -0.4 is 0 Å². The van der Waals surface area contributed by atoms with Gasteiger partial charge in [-0.05, 0) is 0 Å². The molecular formula is H12N3O13P. The van der Waals surface area contributed by atoms with E-state index in [4.69, 9.17) is 66.1 Å². The van der Waals surface area contributed by atoms with E-state index in [2.05, 4.69) is 0 Å². The quantitative estimate of drug-likeness (QED) is 0.161. The molecule has 0 aliphatic rings. The second kappa shape index (κ2) is 15.6. The molecule has 0 fully saturated rings. The van der Waals surface area contributed by atoms with Crippen molar-refractivity contribution in [2.24, 2.45) is 0 Å². The van der Waals surface area contributed by atoms with Crippen LogP contribution >= 0.6 is 7.82 Å². The van der Waals surface area contributed by atoms with Crippen LogP contribution in [0.25, 0.3) is 0 Å². The van der Waals surface area contributed by atoms with E-state index in [1.54, 1.807) is 0 Å². The summed E-state index contributed by atoms with van der Waals surface area (Å²) in [6, 6.07) is 0. The monoisotopic (exact) mass is 293 g/mol. The molecule has 0 spiro atoms. The summed E-state index contributed by atoms with van der Waals surface area (Å²) < 4.78 is 8.88. The van der Waals surface area contributed by atoms with Gasteiger partial charge in [0.15, 0.2) is 0 Å². The SMILES string of the molecule is O=P(O)(O)O.ON(O)O.ON(O)O.ON(O)O. The first-order valence-electron chi connectivity index (χ1n) is 2.58. The van der Waals surface area contributed by atoms with E-state index >= 15 is 0 Å². The summed E-state index contributed by atoms with van der Waals surface area (Å²) in [6.07, 6.45) is 0. The predicted octanol–water partition coefficient (Wildman–Crippen LogP) is -2.56. The number of rotatable bonds is 0. The van der Waals surface area contributed by atoms with E-state index in [1.807, 2.05) is 0 Å². The van der Waals surface area contributed by atoms with Gasteiger partial charge in [-0.1, -0.05) is 0 Å². The van der Waals surface area contributed by atoms with Crippen molar-refractivity contribution in [3.8, 4) is 0 Å². The Balaban J connectivity index is -0.0000000667. The Morgan fingerprint density at radius 3 is 0.529 bits per heavy atom. The Bertz CT molecular complexity index is 129. The maximum Gasteiger partial charge on any atom is 0.466 e. The zero-order valence-corrected chi connectivity index (χ0v) is 8.46. The van der Waals surface area contributed by atoms with Crippen molar-refractivity contribution < 1.29 is 66.1 Å². The molecule has 0 bridgehead atoms. The van der Waals surface area contributed by atoms with Crippen LogP contribution in [0.15, 0.2) is 0 Å². The lowest BCUT2D eigenvalue weighted by molar-refractivity contribution is -0.473. The van der Waals surface area contributed by atoms with Gasteiger partial charge in [-0.3, -0.25) is 46.9 Å². The van der Waals surface area contributed by atoms with E-state index in [9.17, 15) is 0 Å². The summed E-state index contributed by atoms with van der Waals surface area (Å²) in [7, 11) is -4.64. The zero-order valence-electron chi connectivity index (χ0n) is 7.56. The zero-order chi connectivity index (χ0) is 15.2. The van der Waals surface area contributed by atoms with Crippen LogP contribution in [0.3, 0.4) is 0 Å². The Labute approximate surface area is 91.3 Å². The van der Waals surface area contributed by atoms with Gasteiger partial charge < -0.3 is 14.7 Å². The summed E-state index contributed by atoms with van der Waals surface area (Å²) in [5, 5.41) is 60.0. The van der Waals surface area contributed by atoms with Gasteiger partial charge in [0.05, 0.1) is 16.2 Å². The molecule has 0 saturated carbocycles. The number of nitrogens with zero attached hydrogens (tertiary/aromatic N) is 3. The normalized spacial score (nSPS) is 9.82. The molecular weight excluding hydrogens is 281 g/mol. The first-order chi connectivity index (χ1) is 7.20. The summed E-state index contributed by atoms with van der Waals surface area (Å²) >= 11 is 0. The summed E-state index contributed by atoms with van der Waals surface area (Å²) in [5.74, 6) is 0. The minimum atomic E-state index is -4.64. The van der Waals surface area contributed by atoms with Crippen LogP contribution in [0.2, 0.25) is 0 Å². The third-order valence-electron chi connectivity index (χ3n) is 0. The second-order valence-corrected chi connectivity index (χ2v) is 2.34. The average molecular weight is 293 g/mol. The van der Waals surface area contributed by atoms with Crippen molar-refractivity contribution in [2.45, 2.75) is 0 Å². The molecule has 16 nitrogen and oxygen atoms in total. The first kappa shape index (κ1) is 25.5. The molecule has 0 aromatic heterocycles. The summed E-state index contributed by atoms with van der Waals surface area (Å²) in [6.45, 7) is 0. The third-order valence-corrected chi connectivity index (χ3v) is 0. The van der Waals surface area contributed by atoms with Crippen molar-refractivity contribution in [2.75, 3.05) is 0 Å². The molecule has 0 aliphatic carbocycles. The largest absolute Gasteiger partial charge is 0.466 e. The molecule has 17 heteroatoms. The Morgan fingerprint density at radius 1 is 0.529 bits per heavy atom. The maximum absolute atomic E-state index is 8.88. The second-order valence-electron chi connectivity index (χ2n) is 1.32. The van der Waals surface area contributed by atoms with E-state index in [-0.39, 0.29) is 0 Å². The van der Waals surface area contributed by atoms with E-state index in [0.717, 1.165) is 0 Å². The fourth-order valence-corrected chi connectivity index (χ4v) is 0. The summed E-state index contributed by atoms with van der Waals surface area (Å²) in [4.78, 5) is 21.6. The van der Waals surface area contributed by atoms with Gasteiger partial charge in [-0.25, -0.2) is 4.57 Å². The minimum absolute atomic E-state index is 1.00. The lowest BCUT2D eigenvalue weighted by Gasteiger charge is -1.84. The summed E-state index contributed by atoms with van der Waals surface area (Å²) in [5.41, 5.74) is 0. The van der Waals surface area contributed by atoms with E-state index in [1.165, 1.54) is 0 Å². The topological polar surface area (TPSA) is 270 Å². The molecule has 0 saturated heterocycles. The number of phosphoric acid groups is 1. The fraction of sp³-hybridized carbons (Fsp3) is 0. The van der Waals surface area contributed by atoms with Gasteiger partial charge in [0.1, 0.15) is 0 Å². The Hall–Kier alpha value is -0.370. The fourth-order valence-electron chi connectivity index (χ4n) is 0. The molecule has 0 aliphatic heterocycles. The Kier molecular flexibility index (Phi) is 23.4.